The number of furan rings is 1. The maximum Gasteiger partial charge on any atom is 0.341 e. The predicted octanol–water partition coefficient (Wildman–Crippen LogP) is 5.03. The summed E-state index contributed by atoms with van der Waals surface area (Å²) >= 11 is 1.40. The molecule has 27 heavy (non-hydrogen) atoms. The van der Waals surface area contributed by atoms with Crippen LogP contribution in [-0.4, -0.2) is 24.9 Å². The molecule has 0 saturated heterocycles. The number of ketones is 1. The van der Waals surface area contributed by atoms with Crippen molar-refractivity contribution < 1.29 is 23.1 Å². The van der Waals surface area contributed by atoms with Crippen LogP contribution in [0.4, 0.5) is 9.39 Å². The highest BCUT2D eigenvalue weighted by molar-refractivity contribution is 7.16. The lowest BCUT2D eigenvalue weighted by Crippen LogP contribution is -2.16. The molecule has 7 heteroatoms. The number of fused-ring (bicyclic) bond motifs is 1. The molecule has 0 aliphatic rings. The summed E-state index contributed by atoms with van der Waals surface area (Å²) in [5.41, 5.74) is 2.35. The van der Waals surface area contributed by atoms with Crippen molar-refractivity contribution in [2.75, 3.05) is 18.5 Å². The lowest BCUT2D eigenvalue weighted by molar-refractivity contribution is 0.0527. The molecule has 2 heterocycles. The van der Waals surface area contributed by atoms with Crippen LogP contribution in [0.25, 0.3) is 11.0 Å². The molecule has 0 aliphatic heterocycles. The molecule has 0 bridgehead atoms. The number of hydrogen-bond acceptors (Lipinski definition) is 6. The number of anilines is 1. The number of benzene rings is 1. The molecule has 0 saturated carbocycles. The van der Waals surface area contributed by atoms with Gasteiger partial charge in [0.05, 0.1) is 18.7 Å². The maximum atomic E-state index is 13.4. The fraction of sp³-hybridized carbons (Fsp3) is 0.300. The Balaban J connectivity index is 1.84. The van der Waals surface area contributed by atoms with Crippen LogP contribution in [0.5, 0.6) is 0 Å². The monoisotopic (exact) mass is 389 g/mol. The number of rotatable bonds is 6. The van der Waals surface area contributed by atoms with Crippen molar-refractivity contribution in [3.63, 3.8) is 0 Å². The molecule has 0 unspecified atom stereocenters. The Hall–Kier alpha value is -2.67. The molecule has 142 valence electrons. The Morgan fingerprint density at radius 2 is 1.96 bits per heavy atom. The number of halogens is 1. The Kier molecular flexibility index (Phi) is 5.32. The van der Waals surface area contributed by atoms with Crippen molar-refractivity contribution in [3.05, 3.63) is 51.3 Å². The van der Waals surface area contributed by atoms with Gasteiger partial charge in [0.2, 0.25) is 5.78 Å². The Labute approximate surface area is 160 Å². The van der Waals surface area contributed by atoms with Gasteiger partial charge in [-0.05, 0) is 51.5 Å². The minimum atomic E-state index is -0.412. The second-order valence-electron chi connectivity index (χ2n) is 6.18. The van der Waals surface area contributed by atoms with Gasteiger partial charge in [-0.1, -0.05) is 0 Å². The minimum Gasteiger partial charge on any atom is -0.462 e. The summed E-state index contributed by atoms with van der Waals surface area (Å²) in [4.78, 5) is 25.8. The van der Waals surface area contributed by atoms with E-state index in [0.29, 0.717) is 27.1 Å². The number of ether oxygens (including phenoxy) is 1. The molecule has 0 spiro atoms. The van der Waals surface area contributed by atoms with Crippen LogP contribution in [0.1, 0.15) is 43.8 Å². The summed E-state index contributed by atoms with van der Waals surface area (Å²) < 4.78 is 24.2. The van der Waals surface area contributed by atoms with Gasteiger partial charge in [-0.25, -0.2) is 9.18 Å². The summed E-state index contributed by atoms with van der Waals surface area (Å²) in [6, 6.07) is 4.15. The van der Waals surface area contributed by atoms with Crippen molar-refractivity contribution in [2.24, 2.45) is 0 Å². The third kappa shape index (κ3) is 3.60. The second-order valence-corrected chi connectivity index (χ2v) is 7.41. The smallest absolute Gasteiger partial charge is 0.341 e. The molecular formula is C20H20FNO4S. The summed E-state index contributed by atoms with van der Waals surface area (Å²) in [6.45, 7) is 7.46. The van der Waals surface area contributed by atoms with Crippen LogP contribution in [-0.2, 0) is 4.74 Å². The van der Waals surface area contributed by atoms with E-state index in [1.807, 2.05) is 13.8 Å². The van der Waals surface area contributed by atoms with E-state index in [0.717, 1.165) is 10.4 Å². The second kappa shape index (κ2) is 7.52. The molecule has 1 N–H and O–H groups in total. The van der Waals surface area contributed by atoms with Crippen molar-refractivity contribution in [1.82, 2.24) is 0 Å². The number of thiophene rings is 1. The Bertz CT molecular complexity index is 1030. The third-order valence-corrected chi connectivity index (χ3v) is 5.59. The summed E-state index contributed by atoms with van der Waals surface area (Å²) in [5, 5.41) is 4.20. The zero-order valence-electron chi connectivity index (χ0n) is 15.6. The summed E-state index contributed by atoms with van der Waals surface area (Å²) in [6.07, 6.45) is 0. The third-order valence-electron chi connectivity index (χ3n) is 4.43. The van der Waals surface area contributed by atoms with E-state index >= 15 is 0 Å². The molecule has 0 aliphatic carbocycles. The number of esters is 1. The molecule has 0 fully saturated rings. The molecule has 0 atom stereocenters. The average molecular weight is 389 g/mol. The molecule has 0 radical (unpaired) electrons. The van der Waals surface area contributed by atoms with E-state index in [1.165, 1.54) is 29.5 Å². The van der Waals surface area contributed by atoms with E-state index in [1.54, 1.807) is 13.8 Å². The first-order chi connectivity index (χ1) is 12.8. The molecule has 1 aromatic carbocycles. The summed E-state index contributed by atoms with van der Waals surface area (Å²) in [5.74, 6) is -0.884. The van der Waals surface area contributed by atoms with Gasteiger partial charge >= 0.3 is 5.97 Å². The van der Waals surface area contributed by atoms with E-state index in [-0.39, 0.29) is 30.5 Å². The topological polar surface area (TPSA) is 68.5 Å². The van der Waals surface area contributed by atoms with Crippen LogP contribution in [0, 0.1) is 26.6 Å². The highest BCUT2D eigenvalue weighted by atomic mass is 32.1. The average Bonchev–Trinajstić information content (AvgIpc) is 3.10. The molecule has 5 nitrogen and oxygen atoms in total. The first kappa shape index (κ1) is 19.1. The lowest BCUT2D eigenvalue weighted by Gasteiger charge is -2.07. The minimum absolute atomic E-state index is 0.0467. The maximum absolute atomic E-state index is 13.4. The van der Waals surface area contributed by atoms with E-state index in [9.17, 15) is 14.0 Å². The fourth-order valence-corrected chi connectivity index (χ4v) is 3.94. The van der Waals surface area contributed by atoms with Crippen molar-refractivity contribution >= 4 is 39.1 Å². The summed E-state index contributed by atoms with van der Waals surface area (Å²) in [7, 11) is 0. The van der Waals surface area contributed by atoms with Crippen LogP contribution in [0.2, 0.25) is 0 Å². The quantitative estimate of drug-likeness (QED) is 0.473. The number of carbonyl (C=O) groups is 2. The van der Waals surface area contributed by atoms with Gasteiger partial charge in [0.15, 0.2) is 5.76 Å². The molecule has 0 amide bonds. The highest BCUT2D eigenvalue weighted by Gasteiger charge is 2.23. The number of carbonyl (C=O) groups excluding carboxylic acids is 2. The lowest BCUT2D eigenvalue weighted by atomic mass is 10.1. The SMILES string of the molecule is CCOC(=O)c1c(NCC(=O)c2oc3ccc(F)cc3c2C)sc(C)c1C. The van der Waals surface area contributed by atoms with Crippen LogP contribution < -0.4 is 5.32 Å². The van der Waals surface area contributed by atoms with Crippen molar-refractivity contribution in [2.45, 2.75) is 27.7 Å². The van der Waals surface area contributed by atoms with E-state index in [2.05, 4.69) is 5.32 Å². The van der Waals surface area contributed by atoms with Crippen molar-refractivity contribution in [1.29, 1.82) is 0 Å². The highest BCUT2D eigenvalue weighted by Crippen LogP contribution is 2.33. The number of nitrogens with one attached hydrogen (secondary N) is 1. The standard InChI is InChI=1S/C20H20FNO4S/c1-5-25-20(24)17-10(2)12(4)27-19(17)22-9-15(23)18-11(3)14-8-13(21)6-7-16(14)26-18/h6-8,22H,5,9H2,1-4H3. The zero-order chi connectivity index (χ0) is 19.7. The molecule has 3 aromatic rings. The molecular weight excluding hydrogens is 369 g/mol. The Morgan fingerprint density at radius 3 is 2.67 bits per heavy atom. The number of aryl methyl sites for hydroxylation is 2. The Morgan fingerprint density at radius 1 is 1.22 bits per heavy atom. The number of hydrogen-bond donors (Lipinski definition) is 1. The van der Waals surface area contributed by atoms with Crippen LogP contribution >= 0.6 is 11.3 Å². The van der Waals surface area contributed by atoms with Gasteiger partial charge < -0.3 is 14.5 Å². The predicted molar refractivity (Wildman–Crippen MR) is 103 cm³/mol. The van der Waals surface area contributed by atoms with Gasteiger partial charge in [0.1, 0.15) is 16.4 Å². The van der Waals surface area contributed by atoms with Gasteiger partial charge in [0, 0.05) is 15.8 Å². The van der Waals surface area contributed by atoms with Gasteiger partial charge in [-0.15, -0.1) is 11.3 Å². The first-order valence-electron chi connectivity index (χ1n) is 8.56. The van der Waals surface area contributed by atoms with Crippen molar-refractivity contribution in [3.8, 4) is 0 Å². The fourth-order valence-electron chi connectivity index (χ4n) is 2.90. The normalized spacial score (nSPS) is 11.0. The molecule has 2 aromatic heterocycles. The van der Waals surface area contributed by atoms with Crippen LogP contribution in [0.15, 0.2) is 22.6 Å². The van der Waals surface area contributed by atoms with Gasteiger partial charge in [0.25, 0.3) is 0 Å². The van der Waals surface area contributed by atoms with E-state index in [4.69, 9.17) is 9.15 Å². The van der Waals surface area contributed by atoms with Crippen LogP contribution in [0.3, 0.4) is 0 Å². The largest absolute Gasteiger partial charge is 0.462 e. The number of Topliss-reactive ketones (excluding diaryl/α,β-unsaturated/α-hetero) is 1. The van der Waals surface area contributed by atoms with E-state index < -0.39 is 5.97 Å². The van der Waals surface area contributed by atoms with Gasteiger partial charge in [-0.3, -0.25) is 4.79 Å². The first-order valence-corrected chi connectivity index (χ1v) is 9.38. The van der Waals surface area contributed by atoms with Gasteiger partial charge in [-0.2, -0.15) is 0 Å². The molecule has 3 rings (SSSR count). The zero-order valence-corrected chi connectivity index (χ0v) is 16.4.